The van der Waals surface area contributed by atoms with Crippen molar-refractivity contribution in [1.29, 1.82) is 0 Å². The minimum absolute atomic E-state index is 0.0723. The first-order valence-corrected chi connectivity index (χ1v) is 8.50. The fraction of sp³-hybridized carbons (Fsp3) is 0.444. The topological polar surface area (TPSA) is 50.9 Å². The van der Waals surface area contributed by atoms with E-state index in [0.29, 0.717) is 17.8 Å². The van der Waals surface area contributed by atoms with E-state index in [1.54, 1.807) is 0 Å². The van der Waals surface area contributed by atoms with E-state index < -0.39 is 11.6 Å². The average Bonchev–Trinajstić information content (AvgIpc) is 3.24. The van der Waals surface area contributed by atoms with Gasteiger partial charge in [-0.1, -0.05) is 17.2 Å². The Bertz CT molecular complexity index is 819. The minimum atomic E-state index is -0.884. The van der Waals surface area contributed by atoms with Gasteiger partial charge in [-0.2, -0.15) is 0 Å². The van der Waals surface area contributed by atoms with E-state index in [1.807, 2.05) is 0 Å². The molecule has 0 saturated carbocycles. The first-order valence-electron chi connectivity index (χ1n) is 8.50. The van der Waals surface area contributed by atoms with Crippen molar-refractivity contribution >= 4 is 5.71 Å². The van der Waals surface area contributed by atoms with Gasteiger partial charge in [0.05, 0.1) is 5.71 Å². The molecule has 0 aliphatic carbocycles. The van der Waals surface area contributed by atoms with E-state index in [4.69, 9.17) is 9.36 Å². The fourth-order valence-electron chi connectivity index (χ4n) is 3.37. The molecule has 132 valence electrons. The molecule has 0 N–H and O–H groups in total. The Labute approximate surface area is 144 Å². The van der Waals surface area contributed by atoms with Crippen LogP contribution in [0.5, 0.6) is 0 Å². The van der Waals surface area contributed by atoms with Crippen molar-refractivity contribution in [2.24, 2.45) is 5.16 Å². The lowest BCUT2D eigenvalue weighted by Crippen LogP contribution is -2.36. The van der Waals surface area contributed by atoms with Gasteiger partial charge in [0.25, 0.3) is 0 Å². The molecule has 2 aliphatic heterocycles. The lowest BCUT2D eigenvalue weighted by atomic mass is 10.0. The smallest absolute Gasteiger partial charge is 0.159 e. The molecular weight excluding hydrogens is 328 g/mol. The average molecular weight is 347 g/mol. The maximum Gasteiger partial charge on any atom is 0.159 e. The lowest BCUT2D eigenvalue weighted by Gasteiger charge is -2.27. The molecule has 0 radical (unpaired) electrons. The second-order valence-corrected chi connectivity index (χ2v) is 6.49. The molecule has 5 nitrogen and oxygen atoms in total. The maximum absolute atomic E-state index is 13.5. The summed E-state index contributed by atoms with van der Waals surface area (Å²) < 4.78 is 32.1. The number of nitrogens with zero attached hydrogens (tertiary/aromatic N) is 3. The summed E-state index contributed by atoms with van der Waals surface area (Å²) in [6.07, 6.45) is 2.58. The molecule has 1 unspecified atom stereocenters. The number of fused-ring (bicyclic) bond motifs is 1. The summed E-state index contributed by atoms with van der Waals surface area (Å²) in [5, 5.41) is 8.19. The predicted molar refractivity (Wildman–Crippen MR) is 88.1 cm³/mol. The highest BCUT2D eigenvalue weighted by atomic mass is 19.2. The summed E-state index contributed by atoms with van der Waals surface area (Å²) in [5.41, 5.74) is 3.14. The highest BCUT2D eigenvalue weighted by molar-refractivity contribution is 5.85. The van der Waals surface area contributed by atoms with Crippen LogP contribution in [0.15, 0.2) is 27.9 Å². The van der Waals surface area contributed by atoms with Crippen LogP contribution in [-0.2, 0) is 17.8 Å². The zero-order valence-electron chi connectivity index (χ0n) is 14.0. The van der Waals surface area contributed by atoms with Gasteiger partial charge in [-0.25, -0.2) is 8.78 Å². The van der Waals surface area contributed by atoms with Crippen molar-refractivity contribution in [2.45, 2.75) is 38.8 Å². The Kier molecular flexibility index (Phi) is 4.25. The molecule has 1 atom stereocenters. The third-order valence-electron chi connectivity index (χ3n) is 4.76. The molecule has 0 bridgehead atoms. The number of benzene rings is 1. The first kappa shape index (κ1) is 16.2. The van der Waals surface area contributed by atoms with Crippen LogP contribution in [0.1, 0.15) is 31.1 Å². The molecule has 7 heteroatoms. The second-order valence-electron chi connectivity index (χ2n) is 6.49. The Morgan fingerprint density at radius 1 is 1.28 bits per heavy atom. The summed E-state index contributed by atoms with van der Waals surface area (Å²) in [6, 6.07) is 3.80. The van der Waals surface area contributed by atoms with E-state index >= 15 is 0 Å². The summed E-state index contributed by atoms with van der Waals surface area (Å²) in [7, 11) is 0. The summed E-state index contributed by atoms with van der Waals surface area (Å²) in [5.74, 6) is -0.938. The van der Waals surface area contributed by atoms with Crippen molar-refractivity contribution in [3.8, 4) is 11.3 Å². The van der Waals surface area contributed by atoms with E-state index in [1.165, 1.54) is 6.07 Å². The monoisotopic (exact) mass is 347 g/mol. The van der Waals surface area contributed by atoms with Gasteiger partial charge in [0.15, 0.2) is 11.6 Å². The van der Waals surface area contributed by atoms with Crippen LogP contribution in [0.2, 0.25) is 0 Å². The van der Waals surface area contributed by atoms with E-state index in [-0.39, 0.29) is 6.10 Å². The van der Waals surface area contributed by atoms with Gasteiger partial charge >= 0.3 is 0 Å². The zero-order valence-corrected chi connectivity index (χ0v) is 14.0. The van der Waals surface area contributed by atoms with Crippen LogP contribution in [0.25, 0.3) is 11.3 Å². The van der Waals surface area contributed by atoms with Gasteiger partial charge in [0, 0.05) is 43.6 Å². The maximum atomic E-state index is 13.5. The Balaban J connectivity index is 1.51. The highest BCUT2D eigenvalue weighted by Crippen LogP contribution is 2.31. The largest absolute Gasteiger partial charge is 0.391 e. The van der Waals surface area contributed by atoms with Gasteiger partial charge in [-0.05, 0) is 24.6 Å². The Hall–Kier alpha value is -2.28. The Morgan fingerprint density at radius 2 is 2.16 bits per heavy atom. The molecule has 25 heavy (non-hydrogen) atoms. The summed E-state index contributed by atoms with van der Waals surface area (Å²) in [6.45, 7) is 4.34. The van der Waals surface area contributed by atoms with Crippen LogP contribution in [0, 0.1) is 11.6 Å². The second kappa shape index (κ2) is 6.55. The fourth-order valence-corrected chi connectivity index (χ4v) is 3.37. The molecule has 0 fully saturated rings. The van der Waals surface area contributed by atoms with Gasteiger partial charge in [-0.3, -0.25) is 4.90 Å². The van der Waals surface area contributed by atoms with Crippen molar-refractivity contribution < 1.29 is 18.1 Å². The molecule has 4 rings (SSSR count). The van der Waals surface area contributed by atoms with E-state index in [0.717, 1.165) is 61.5 Å². The number of rotatable bonds is 4. The summed E-state index contributed by atoms with van der Waals surface area (Å²) in [4.78, 5) is 7.75. The van der Waals surface area contributed by atoms with Crippen LogP contribution in [-0.4, -0.2) is 35.0 Å². The molecule has 0 spiro atoms. The van der Waals surface area contributed by atoms with Gasteiger partial charge in [-0.15, -0.1) is 0 Å². The first-order chi connectivity index (χ1) is 12.1. The number of hydrogen-bond acceptors (Lipinski definition) is 5. The van der Waals surface area contributed by atoms with Crippen molar-refractivity contribution in [2.75, 3.05) is 13.1 Å². The number of hydrogen-bond donors (Lipinski definition) is 0. The molecule has 1 aromatic carbocycles. The predicted octanol–water partition coefficient (Wildman–Crippen LogP) is 3.53. The quantitative estimate of drug-likeness (QED) is 0.849. The van der Waals surface area contributed by atoms with Crippen LogP contribution < -0.4 is 0 Å². The van der Waals surface area contributed by atoms with Gasteiger partial charge in [0.1, 0.15) is 17.6 Å². The number of oxime groups is 1. The third-order valence-corrected chi connectivity index (χ3v) is 4.76. The number of aromatic nitrogens is 1. The molecule has 2 aliphatic rings. The molecule has 2 aromatic rings. The molecular formula is C18H19F2N3O2. The molecule has 0 amide bonds. The van der Waals surface area contributed by atoms with Crippen molar-refractivity contribution in [1.82, 2.24) is 10.1 Å². The van der Waals surface area contributed by atoms with E-state index in [9.17, 15) is 8.78 Å². The van der Waals surface area contributed by atoms with Crippen molar-refractivity contribution in [3.05, 3.63) is 41.2 Å². The van der Waals surface area contributed by atoms with Gasteiger partial charge in [0.2, 0.25) is 0 Å². The third kappa shape index (κ3) is 3.16. The number of halogens is 2. The van der Waals surface area contributed by atoms with E-state index in [2.05, 4.69) is 22.1 Å². The highest BCUT2D eigenvalue weighted by Gasteiger charge is 2.29. The van der Waals surface area contributed by atoms with Crippen LogP contribution in [0.3, 0.4) is 0 Å². The SMILES string of the molecule is CCC1=NOC(CN2CCc3onc(-c4ccc(F)c(F)c4)c3C2)C1. The lowest BCUT2D eigenvalue weighted by molar-refractivity contribution is 0.0479. The molecule has 0 saturated heterocycles. The van der Waals surface area contributed by atoms with Crippen LogP contribution in [0.4, 0.5) is 8.78 Å². The summed E-state index contributed by atoms with van der Waals surface area (Å²) >= 11 is 0. The van der Waals surface area contributed by atoms with Gasteiger partial charge < -0.3 is 9.36 Å². The Morgan fingerprint density at radius 3 is 2.92 bits per heavy atom. The molecule has 3 heterocycles. The minimum Gasteiger partial charge on any atom is -0.391 e. The standard InChI is InChI=1S/C18H19F2N3O2/c1-2-12-8-13(24-21-12)9-23-6-5-17-14(10-23)18(22-25-17)11-3-4-15(19)16(20)7-11/h3-4,7,13H,2,5-6,8-10H2,1H3. The normalized spacial score (nSPS) is 20.3. The van der Waals surface area contributed by atoms with Crippen molar-refractivity contribution in [3.63, 3.8) is 0 Å². The molecule has 1 aromatic heterocycles. The van der Waals surface area contributed by atoms with Crippen LogP contribution >= 0.6 is 0 Å². The zero-order chi connectivity index (χ0) is 17.4.